The Hall–Kier alpha value is -2.85. The van der Waals surface area contributed by atoms with Crippen LogP contribution in [0.25, 0.3) is 5.57 Å². The van der Waals surface area contributed by atoms with Gasteiger partial charge < -0.3 is 4.74 Å². The second-order valence-corrected chi connectivity index (χ2v) is 8.51. The molecule has 0 amide bonds. The summed E-state index contributed by atoms with van der Waals surface area (Å²) in [5.41, 5.74) is 2.08. The van der Waals surface area contributed by atoms with Crippen LogP contribution in [-0.2, 0) is 10.0 Å². The highest BCUT2D eigenvalue weighted by Gasteiger charge is 2.41. The molecule has 28 heavy (non-hydrogen) atoms. The number of benzene rings is 2. The van der Waals surface area contributed by atoms with Gasteiger partial charge in [0.1, 0.15) is 17.2 Å². The third-order valence-electron chi connectivity index (χ3n) is 4.95. The van der Waals surface area contributed by atoms with Crippen LogP contribution in [0.15, 0.2) is 48.0 Å². The summed E-state index contributed by atoms with van der Waals surface area (Å²) in [6.45, 7) is 3.87. The van der Waals surface area contributed by atoms with Crippen molar-refractivity contribution in [3.05, 3.63) is 65.0 Å². The molecule has 0 aromatic heterocycles. The van der Waals surface area contributed by atoms with Crippen LogP contribution in [0.4, 0.5) is 10.1 Å². The lowest BCUT2D eigenvalue weighted by molar-refractivity contribution is 0.0995. The van der Waals surface area contributed by atoms with E-state index in [1.54, 1.807) is 30.3 Å². The van der Waals surface area contributed by atoms with E-state index in [2.05, 4.69) is 10.8 Å². The lowest BCUT2D eigenvalue weighted by Crippen LogP contribution is -2.40. The van der Waals surface area contributed by atoms with Crippen LogP contribution >= 0.6 is 0 Å². The molecular weight excluding hydrogens is 379 g/mol. The summed E-state index contributed by atoms with van der Waals surface area (Å²) in [6.07, 6.45) is 2.19. The highest BCUT2D eigenvalue weighted by Crippen LogP contribution is 2.47. The molecule has 5 nitrogen and oxygen atoms in total. The number of hydrogen-bond acceptors (Lipinski definition) is 4. The molecule has 0 aliphatic carbocycles. The van der Waals surface area contributed by atoms with Gasteiger partial charge in [0, 0.05) is 17.2 Å². The summed E-state index contributed by atoms with van der Waals surface area (Å²) in [4.78, 5) is 0. The molecule has 0 saturated heterocycles. The highest BCUT2D eigenvalue weighted by atomic mass is 32.2. The second-order valence-electron chi connectivity index (χ2n) is 6.76. The molecule has 0 saturated carbocycles. The fourth-order valence-electron chi connectivity index (χ4n) is 3.54. The molecule has 2 aromatic rings. The quantitative estimate of drug-likeness (QED) is 0.803. The SMILES string of the molecule is CCC1(CC)Oc2cc(NS(C)(=O)=O)ccc2C(c2ccc(F)cc2)=C1C#N. The van der Waals surface area contributed by atoms with Crippen molar-refractivity contribution in [2.24, 2.45) is 0 Å². The largest absolute Gasteiger partial charge is 0.481 e. The van der Waals surface area contributed by atoms with Gasteiger partial charge in [-0.3, -0.25) is 4.72 Å². The molecule has 146 valence electrons. The van der Waals surface area contributed by atoms with E-state index in [1.807, 2.05) is 13.8 Å². The third-order valence-corrected chi connectivity index (χ3v) is 5.56. The van der Waals surface area contributed by atoms with Crippen LogP contribution in [0, 0.1) is 17.1 Å². The average molecular weight is 400 g/mol. The lowest BCUT2D eigenvalue weighted by atomic mass is 9.78. The minimum Gasteiger partial charge on any atom is -0.481 e. The van der Waals surface area contributed by atoms with Gasteiger partial charge in [-0.2, -0.15) is 5.26 Å². The van der Waals surface area contributed by atoms with Gasteiger partial charge in [0.25, 0.3) is 0 Å². The van der Waals surface area contributed by atoms with Crippen molar-refractivity contribution in [1.82, 2.24) is 0 Å². The topological polar surface area (TPSA) is 79.2 Å². The van der Waals surface area contributed by atoms with Gasteiger partial charge in [0.05, 0.1) is 23.6 Å². The van der Waals surface area contributed by atoms with Crippen molar-refractivity contribution in [2.45, 2.75) is 32.3 Å². The van der Waals surface area contributed by atoms with Gasteiger partial charge in [0.15, 0.2) is 0 Å². The molecule has 7 heteroatoms. The number of anilines is 1. The first-order valence-electron chi connectivity index (χ1n) is 8.95. The smallest absolute Gasteiger partial charge is 0.229 e. The van der Waals surface area contributed by atoms with Crippen LogP contribution < -0.4 is 9.46 Å². The van der Waals surface area contributed by atoms with E-state index in [4.69, 9.17) is 4.74 Å². The van der Waals surface area contributed by atoms with Gasteiger partial charge in [0.2, 0.25) is 10.0 Å². The fourth-order valence-corrected chi connectivity index (χ4v) is 4.09. The summed E-state index contributed by atoms with van der Waals surface area (Å²) in [7, 11) is -3.44. The molecular formula is C21H21FN2O3S. The first kappa shape index (κ1) is 19.9. The van der Waals surface area contributed by atoms with E-state index in [0.717, 1.165) is 6.26 Å². The molecule has 0 bridgehead atoms. The zero-order valence-electron chi connectivity index (χ0n) is 15.9. The van der Waals surface area contributed by atoms with E-state index in [-0.39, 0.29) is 5.82 Å². The first-order valence-corrected chi connectivity index (χ1v) is 10.8. The predicted octanol–water partition coefficient (Wildman–Crippen LogP) is 4.47. The first-order chi connectivity index (χ1) is 13.2. The number of sulfonamides is 1. The Bertz CT molecular complexity index is 1080. The molecule has 2 aromatic carbocycles. The number of rotatable bonds is 5. The number of nitriles is 1. The maximum Gasteiger partial charge on any atom is 0.229 e. The molecule has 0 atom stereocenters. The molecule has 1 N–H and O–H groups in total. The molecule has 3 rings (SSSR count). The highest BCUT2D eigenvalue weighted by molar-refractivity contribution is 7.92. The summed E-state index contributed by atoms with van der Waals surface area (Å²) in [5.74, 6) is 0.121. The second kappa shape index (κ2) is 7.28. The maximum atomic E-state index is 13.5. The van der Waals surface area contributed by atoms with E-state index in [0.29, 0.717) is 46.6 Å². The van der Waals surface area contributed by atoms with Gasteiger partial charge in [-0.25, -0.2) is 12.8 Å². The van der Waals surface area contributed by atoms with Crippen LogP contribution in [0.2, 0.25) is 0 Å². The van der Waals surface area contributed by atoms with Crippen LogP contribution in [0.5, 0.6) is 5.75 Å². The number of halogens is 1. The van der Waals surface area contributed by atoms with Gasteiger partial charge >= 0.3 is 0 Å². The Morgan fingerprint density at radius 1 is 1.14 bits per heavy atom. The molecule has 1 aliphatic heterocycles. The number of ether oxygens (including phenoxy) is 1. The average Bonchev–Trinajstić information content (AvgIpc) is 2.65. The van der Waals surface area contributed by atoms with E-state index in [9.17, 15) is 18.1 Å². The molecule has 0 fully saturated rings. The summed E-state index contributed by atoms with van der Waals surface area (Å²) >= 11 is 0. The fraction of sp³-hybridized carbons (Fsp3) is 0.286. The minimum atomic E-state index is -3.44. The van der Waals surface area contributed by atoms with Crippen molar-refractivity contribution in [3.8, 4) is 11.8 Å². The van der Waals surface area contributed by atoms with Crippen molar-refractivity contribution < 1.29 is 17.5 Å². The van der Waals surface area contributed by atoms with Crippen molar-refractivity contribution in [3.63, 3.8) is 0 Å². The number of fused-ring (bicyclic) bond motifs is 1. The van der Waals surface area contributed by atoms with Crippen LogP contribution in [-0.4, -0.2) is 20.3 Å². The third kappa shape index (κ3) is 3.60. The molecule has 1 aliphatic rings. The Kier molecular flexibility index (Phi) is 5.18. The molecule has 0 unspecified atom stereocenters. The molecule has 1 heterocycles. The predicted molar refractivity (Wildman–Crippen MR) is 107 cm³/mol. The van der Waals surface area contributed by atoms with Crippen molar-refractivity contribution in [2.75, 3.05) is 11.0 Å². The Morgan fingerprint density at radius 3 is 2.32 bits per heavy atom. The summed E-state index contributed by atoms with van der Waals surface area (Å²) < 4.78 is 45.3. The monoisotopic (exact) mass is 400 g/mol. The van der Waals surface area contributed by atoms with Crippen molar-refractivity contribution >= 4 is 21.3 Å². The standard InChI is InChI=1S/C21H21FN2O3S/c1-4-21(5-2)18(13-23)20(14-6-8-15(22)9-7-14)17-11-10-16(12-19(17)27-21)24-28(3,25)26/h6-12,24H,4-5H2,1-3H3. The van der Waals surface area contributed by atoms with E-state index >= 15 is 0 Å². The van der Waals surface area contributed by atoms with Crippen molar-refractivity contribution in [1.29, 1.82) is 5.26 Å². The van der Waals surface area contributed by atoms with Gasteiger partial charge in [-0.1, -0.05) is 26.0 Å². The van der Waals surface area contributed by atoms with Gasteiger partial charge in [-0.05, 0) is 42.7 Å². The Morgan fingerprint density at radius 2 is 1.79 bits per heavy atom. The van der Waals surface area contributed by atoms with Gasteiger partial charge in [-0.15, -0.1) is 0 Å². The summed E-state index contributed by atoms with van der Waals surface area (Å²) in [5, 5.41) is 9.95. The number of nitrogens with zero attached hydrogens (tertiary/aromatic N) is 1. The number of hydrogen-bond donors (Lipinski definition) is 1. The Labute approximate surface area is 164 Å². The minimum absolute atomic E-state index is 0.361. The van der Waals surface area contributed by atoms with E-state index in [1.165, 1.54) is 12.1 Å². The molecule has 0 radical (unpaired) electrons. The molecule has 0 spiro atoms. The Balaban J connectivity index is 2.28. The van der Waals surface area contributed by atoms with E-state index < -0.39 is 15.6 Å². The lowest BCUT2D eigenvalue weighted by Gasteiger charge is -2.38. The normalized spacial score (nSPS) is 15.4. The number of nitrogens with one attached hydrogen (secondary N) is 1. The maximum absolute atomic E-state index is 13.5. The zero-order chi connectivity index (χ0) is 20.5. The zero-order valence-corrected chi connectivity index (χ0v) is 16.7. The summed E-state index contributed by atoms with van der Waals surface area (Å²) in [6, 6.07) is 13.2. The van der Waals surface area contributed by atoms with Crippen LogP contribution in [0.3, 0.4) is 0 Å². The van der Waals surface area contributed by atoms with Crippen LogP contribution in [0.1, 0.15) is 37.8 Å².